The number of nitro benzene ring substituents is 2. The van der Waals surface area contributed by atoms with Gasteiger partial charge in [0, 0.05) is 68.4 Å². The Hall–Kier alpha value is -4.07. The summed E-state index contributed by atoms with van der Waals surface area (Å²) in [5.74, 6) is 0.573. The minimum absolute atomic E-state index is 0.0725. The van der Waals surface area contributed by atoms with Gasteiger partial charge in [0.05, 0.1) is 21.3 Å². The zero-order valence-corrected chi connectivity index (χ0v) is 25.5. The summed E-state index contributed by atoms with van der Waals surface area (Å²) < 4.78 is 29.8. The highest BCUT2D eigenvalue weighted by molar-refractivity contribution is 7.86. The molecule has 3 aromatic rings. The number of nitro groups is 2. The molecule has 0 atom stereocenters. The van der Waals surface area contributed by atoms with Crippen molar-refractivity contribution in [1.29, 1.82) is 0 Å². The minimum atomic E-state index is -3.73. The first kappa shape index (κ1) is 32.8. The second-order valence-corrected chi connectivity index (χ2v) is 12.8. The van der Waals surface area contributed by atoms with E-state index in [1.165, 1.54) is 24.3 Å². The molecule has 12 nitrogen and oxygen atoms in total. The molecule has 0 amide bonds. The average Bonchev–Trinajstić information content (AvgIpc) is 3.05. The van der Waals surface area contributed by atoms with E-state index in [4.69, 9.17) is 9.29 Å². The number of hydrogen-bond acceptors (Lipinski definition) is 10. The highest BCUT2D eigenvalue weighted by atomic mass is 32.2. The summed E-state index contributed by atoms with van der Waals surface area (Å²) in [7, 11) is -3.73. The molecule has 44 heavy (non-hydrogen) atoms. The van der Waals surface area contributed by atoms with Gasteiger partial charge in [-0.2, -0.15) is 8.42 Å². The minimum Gasteiger partial charge on any atom is -0.396 e. The van der Waals surface area contributed by atoms with Crippen molar-refractivity contribution in [2.75, 3.05) is 49.2 Å². The molecule has 0 spiro atoms. The normalized spacial score (nSPS) is 16.2. The first-order valence-corrected chi connectivity index (χ1v) is 16.0. The quantitative estimate of drug-likeness (QED) is 0.187. The lowest BCUT2D eigenvalue weighted by molar-refractivity contribution is -0.385. The maximum Gasteiger partial charge on any atom is 0.296 e. The highest BCUT2D eigenvalue weighted by Gasteiger charge is 2.24. The molecule has 5 rings (SSSR count). The average molecular weight is 627 g/mol. The van der Waals surface area contributed by atoms with Crippen LogP contribution in [-0.2, 0) is 14.3 Å². The highest BCUT2D eigenvalue weighted by Crippen LogP contribution is 2.27. The van der Waals surface area contributed by atoms with Gasteiger partial charge in [-0.05, 0) is 80.8 Å². The maximum atomic E-state index is 12.3. The summed E-state index contributed by atoms with van der Waals surface area (Å²) in [5, 5.41) is 30.3. The molecule has 0 aromatic heterocycles. The third-order valence-electron chi connectivity index (χ3n) is 8.11. The van der Waals surface area contributed by atoms with Crippen LogP contribution in [0.25, 0.3) is 0 Å². The largest absolute Gasteiger partial charge is 0.396 e. The van der Waals surface area contributed by atoms with E-state index in [0.717, 1.165) is 68.8 Å². The van der Waals surface area contributed by atoms with Gasteiger partial charge in [0.25, 0.3) is 21.5 Å². The smallest absolute Gasteiger partial charge is 0.296 e. The zero-order chi connectivity index (χ0) is 31.7. The van der Waals surface area contributed by atoms with E-state index in [0.29, 0.717) is 5.92 Å². The van der Waals surface area contributed by atoms with Crippen LogP contribution in [-0.4, -0.2) is 62.8 Å². The van der Waals surface area contributed by atoms with E-state index in [1.807, 2.05) is 6.92 Å². The molecule has 2 saturated heterocycles. The number of rotatable bonds is 9. The molecule has 0 aliphatic carbocycles. The summed E-state index contributed by atoms with van der Waals surface area (Å²) in [6.45, 7) is 5.66. The van der Waals surface area contributed by atoms with Crippen LogP contribution in [0.2, 0.25) is 0 Å². The predicted octanol–water partition coefficient (Wildman–Crippen LogP) is 5.33. The van der Waals surface area contributed by atoms with Crippen molar-refractivity contribution in [1.82, 2.24) is 0 Å². The Bertz CT molecular complexity index is 1480. The van der Waals surface area contributed by atoms with Gasteiger partial charge in [0.1, 0.15) is 0 Å². The number of aliphatic hydroxyl groups is 1. The molecule has 0 bridgehead atoms. The number of non-ortho nitro benzene ring substituents is 2. The Morgan fingerprint density at radius 3 is 1.52 bits per heavy atom. The summed E-state index contributed by atoms with van der Waals surface area (Å²) in [6.07, 6.45) is 3.57. The number of nitrogens with zero attached hydrogens (tertiary/aromatic N) is 4. The van der Waals surface area contributed by atoms with Crippen LogP contribution in [0.5, 0.6) is 0 Å². The molecule has 1 N–H and O–H groups in total. The van der Waals surface area contributed by atoms with Gasteiger partial charge in [-0.3, -0.25) is 24.4 Å². The molecule has 2 aliphatic rings. The van der Waals surface area contributed by atoms with E-state index < -0.39 is 15.0 Å². The van der Waals surface area contributed by atoms with Crippen molar-refractivity contribution < 1.29 is 27.6 Å². The van der Waals surface area contributed by atoms with Gasteiger partial charge in [-0.15, -0.1) is 0 Å². The third kappa shape index (κ3) is 8.97. The van der Waals surface area contributed by atoms with Crippen LogP contribution >= 0.6 is 0 Å². The SMILES string of the molecule is Cc1ccc(S(=O)(=O)OCC2CCN(c3ccc([N+](=O)[O-])cc3)CC2)cc1.O=[N+]([O-])c1ccc(N2CCC(CO)CC2)cc1. The molecule has 0 radical (unpaired) electrons. The Labute approximate surface area is 257 Å². The summed E-state index contributed by atoms with van der Waals surface area (Å²) in [6, 6.07) is 19.8. The second kappa shape index (κ2) is 15.1. The Balaban J connectivity index is 0.000000223. The van der Waals surface area contributed by atoms with Crippen molar-refractivity contribution in [3.63, 3.8) is 0 Å². The molecule has 236 valence electrons. The fraction of sp³-hybridized carbons (Fsp3) is 0.419. The van der Waals surface area contributed by atoms with Gasteiger partial charge in [-0.25, -0.2) is 0 Å². The van der Waals surface area contributed by atoms with Gasteiger partial charge in [-0.1, -0.05) is 17.7 Å². The van der Waals surface area contributed by atoms with Crippen LogP contribution in [0.1, 0.15) is 31.2 Å². The molecule has 0 unspecified atom stereocenters. The lowest BCUT2D eigenvalue weighted by Crippen LogP contribution is -2.35. The monoisotopic (exact) mass is 626 g/mol. The number of hydrogen-bond donors (Lipinski definition) is 1. The van der Waals surface area contributed by atoms with E-state index in [-0.39, 0.29) is 40.3 Å². The van der Waals surface area contributed by atoms with Crippen molar-refractivity contribution in [2.24, 2.45) is 11.8 Å². The molecule has 2 aliphatic heterocycles. The number of aryl methyl sites for hydroxylation is 1. The topological polar surface area (TPSA) is 156 Å². The van der Waals surface area contributed by atoms with Crippen LogP contribution < -0.4 is 9.80 Å². The number of aliphatic hydroxyl groups excluding tert-OH is 1. The Morgan fingerprint density at radius 1 is 0.727 bits per heavy atom. The maximum absolute atomic E-state index is 12.3. The first-order chi connectivity index (χ1) is 21.1. The van der Waals surface area contributed by atoms with Crippen LogP contribution in [0.15, 0.2) is 77.7 Å². The van der Waals surface area contributed by atoms with E-state index >= 15 is 0 Å². The molecule has 3 aromatic carbocycles. The van der Waals surface area contributed by atoms with Crippen molar-refractivity contribution >= 4 is 32.9 Å². The van der Waals surface area contributed by atoms with E-state index in [9.17, 15) is 28.6 Å². The van der Waals surface area contributed by atoms with Crippen LogP contribution in [0, 0.1) is 39.0 Å². The molecule has 0 saturated carbocycles. The summed E-state index contributed by atoms with van der Waals surface area (Å²) >= 11 is 0. The lowest BCUT2D eigenvalue weighted by atomic mass is 9.97. The van der Waals surface area contributed by atoms with Gasteiger partial charge in [0.15, 0.2) is 0 Å². The number of piperidine rings is 2. The number of benzene rings is 3. The molecular formula is C31H38N4O8S. The zero-order valence-electron chi connectivity index (χ0n) is 24.7. The molecule has 13 heteroatoms. The fourth-order valence-electron chi connectivity index (χ4n) is 5.26. The van der Waals surface area contributed by atoms with Crippen molar-refractivity contribution in [2.45, 2.75) is 37.5 Å². The standard InChI is InChI=1S/C19H22N2O5S.C12H16N2O3/c1-15-2-8-19(9-3-15)27(24,25)26-14-16-10-12-20(13-11-16)17-4-6-18(7-5-17)21(22)23;15-9-10-5-7-13(8-6-10)11-1-3-12(4-2-11)14(16)17/h2-9,16H,10-14H2,1H3;1-4,10,15H,5-9H2. The molecule has 2 heterocycles. The molecule has 2 fully saturated rings. The fourth-order valence-corrected chi connectivity index (χ4v) is 6.24. The van der Waals surface area contributed by atoms with Gasteiger partial charge in [0.2, 0.25) is 0 Å². The van der Waals surface area contributed by atoms with Gasteiger partial charge < -0.3 is 14.9 Å². The van der Waals surface area contributed by atoms with Gasteiger partial charge >= 0.3 is 0 Å². The summed E-state index contributed by atoms with van der Waals surface area (Å²) in [4.78, 5) is 25.0. The Kier molecular flexibility index (Phi) is 11.3. The Morgan fingerprint density at radius 2 is 1.14 bits per heavy atom. The first-order valence-electron chi connectivity index (χ1n) is 14.6. The van der Waals surface area contributed by atoms with Crippen molar-refractivity contribution in [3.8, 4) is 0 Å². The summed E-state index contributed by atoms with van der Waals surface area (Å²) in [5.41, 5.74) is 3.15. The number of anilines is 2. The van der Waals surface area contributed by atoms with Crippen LogP contribution in [0.3, 0.4) is 0 Å². The van der Waals surface area contributed by atoms with E-state index in [2.05, 4.69) is 9.80 Å². The lowest BCUT2D eigenvalue weighted by Gasteiger charge is -2.33. The molecular weight excluding hydrogens is 588 g/mol. The second-order valence-electron chi connectivity index (χ2n) is 11.1. The third-order valence-corrected chi connectivity index (χ3v) is 9.40. The van der Waals surface area contributed by atoms with Crippen molar-refractivity contribution in [3.05, 3.63) is 98.6 Å². The van der Waals surface area contributed by atoms with E-state index in [1.54, 1.807) is 48.5 Å². The predicted molar refractivity (Wildman–Crippen MR) is 167 cm³/mol. The van der Waals surface area contributed by atoms with Crippen LogP contribution in [0.4, 0.5) is 22.7 Å².